The summed E-state index contributed by atoms with van der Waals surface area (Å²) in [5.41, 5.74) is 11.2. The number of benzene rings is 3. The van der Waals surface area contributed by atoms with E-state index in [1.54, 1.807) is 0 Å². The summed E-state index contributed by atoms with van der Waals surface area (Å²) in [6.07, 6.45) is 29.6. The Bertz CT molecular complexity index is 1870. The third kappa shape index (κ3) is 7.84. The maximum absolute atomic E-state index is 5.48. The van der Waals surface area contributed by atoms with Crippen molar-refractivity contribution in [1.82, 2.24) is 0 Å². The van der Waals surface area contributed by atoms with Crippen LogP contribution >= 0.6 is 0 Å². The molecule has 0 fully saturated rings. The fourth-order valence-corrected chi connectivity index (χ4v) is 8.13. The minimum atomic E-state index is -0.144. The van der Waals surface area contributed by atoms with Crippen molar-refractivity contribution < 1.29 is 0 Å². The molecule has 0 radical (unpaired) electrons. The fraction of sp³-hybridized carbons (Fsp3) is 0.286. The first-order valence-corrected chi connectivity index (χ1v) is 18.5. The van der Waals surface area contributed by atoms with Gasteiger partial charge in [0.1, 0.15) is 0 Å². The third-order valence-electron chi connectivity index (χ3n) is 11.4. The lowest BCUT2D eigenvalue weighted by Crippen LogP contribution is -2.24. The Balaban J connectivity index is 1.34. The molecule has 3 aromatic carbocycles. The van der Waals surface area contributed by atoms with Crippen LogP contribution in [-0.2, 0) is 0 Å². The quantitative estimate of drug-likeness (QED) is 0.117. The zero-order valence-electron chi connectivity index (χ0n) is 30.3. The van der Waals surface area contributed by atoms with Crippen LogP contribution in [0.15, 0.2) is 164 Å². The fourth-order valence-electron chi connectivity index (χ4n) is 8.13. The summed E-state index contributed by atoms with van der Waals surface area (Å²) in [7, 11) is 0. The summed E-state index contributed by atoms with van der Waals surface area (Å²) >= 11 is 0. The highest BCUT2D eigenvalue weighted by atomic mass is 14.8. The predicted molar refractivity (Wildman–Crippen MR) is 218 cm³/mol. The van der Waals surface area contributed by atoms with Crippen molar-refractivity contribution >= 4 is 16.9 Å². The molecule has 0 saturated carbocycles. The van der Waals surface area contributed by atoms with Gasteiger partial charge in [0.15, 0.2) is 0 Å². The van der Waals surface area contributed by atoms with E-state index in [1.807, 2.05) is 25.2 Å². The molecule has 0 spiro atoms. The van der Waals surface area contributed by atoms with E-state index in [1.165, 1.54) is 47.1 Å². The Morgan fingerprint density at radius 1 is 0.780 bits per heavy atom. The average molecular weight is 656 g/mol. The molecule has 0 heterocycles. The number of aliphatic imine (C=N–C) groups is 1. The molecule has 0 saturated heterocycles. The molecule has 1 nitrogen and oxygen atoms in total. The van der Waals surface area contributed by atoms with Crippen molar-refractivity contribution in [3.63, 3.8) is 0 Å². The van der Waals surface area contributed by atoms with Crippen molar-refractivity contribution in [2.45, 2.75) is 59.3 Å². The van der Waals surface area contributed by atoms with E-state index in [-0.39, 0.29) is 5.41 Å². The number of hydrogen-bond acceptors (Lipinski definition) is 1. The van der Waals surface area contributed by atoms with E-state index >= 15 is 0 Å². The summed E-state index contributed by atoms with van der Waals surface area (Å²) in [5.74, 6) is 2.21. The van der Waals surface area contributed by atoms with Crippen LogP contribution in [0.5, 0.6) is 0 Å². The van der Waals surface area contributed by atoms with Gasteiger partial charge in [0.2, 0.25) is 0 Å². The minimum Gasteiger partial charge on any atom is -0.253 e. The van der Waals surface area contributed by atoms with Gasteiger partial charge >= 0.3 is 0 Å². The topological polar surface area (TPSA) is 12.4 Å². The largest absolute Gasteiger partial charge is 0.253 e. The monoisotopic (exact) mass is 655 g/mol. The van der Waals surface area contributed by atoms with Crippen LogP contribution in [-0.4, -0.2) is 5.71 Å². The molecule has 6 rings (SSSR count). The molecule has 0 aromatic heterocycles. The molecule has 254 valence electrons. The first-order valence-electron chi connectivity index (χ1n) is 18.5. The first-order chi connectivity index (χ1) is 24.3. The van der Waals surface area contributed by atoms with Crippen molar-refractivity contribution in [3.8, 4) is 11.1 Å². The lowest BCUT2D eigenvalue weighted by atomic mass is 9.72. The average Bonchev–Trinajstić information content (AvgIpc) is 3.41. The number of fused-ring (bicyclic) bond motifs is 5. The van der Waals surface area contributed by atoms with E-state index in [4.69, 9.17) is 11.6 Å². The molecule has 3 aliphatic carbocycles. The molecule has 50 heavy (non-hydrogen) atoms. The lowest BCUT2D eigenvalue weighted by Gasteiger charge is -2.33. The van der Waals surface area contributed by atoms with Crippen LogP contribution in [0.4, 0.5) is 0 Å². The minimum absolute atomic E-state index is 0.144. The van der Waals surface area contributed by atoms with Crippen LogP contribution in [0, 0.1) is 36.0 Å². The third-order valence-corrected chi connectivity index (χ3v) is 11.4. The summed E-state index contributed by atoms with van der Waals surface area (Å²) in [6.45, 7) is 19.4. The molecule has 0 amide bonds. The van der Waals surface area contributed by atoms with Gasteiger partial charge in [0.25, 0.3) is 0 Å². The number of nitrogens with zero attached hydrogens (tertiary/aromatic N) is 1. The van der Waals surface area contributed by atoms with Crippen LogP contribution in [0.1, 0.15) is 74.6 Å². The molecular weight excluding hydrogens is 603 g/mol. The second-order valence-corrected chi connectivity index (χ2v) is 14.6. The smallest absolute Gasteiger partial charge is 0.0708 e. The number of rotatable bonds is 10. The molecule has 4 unspecified atom stereocenters. The second-order valence-electron chi connectivity index (χ2n) is 14.6. The van der Waals surface area contributed by atoms with Gasteiger partial charge in [-0.05, 0) is 116 Å². The lowest BCUT2D eigenvalue weighted by molar-refractivity contribution is 0.297. The molecule has 1 heteroatoms. The zero-order chi connectivity index (χ0) is 35.1. The Morgan fingerprint density at radius 3 is 2.08 bits per heavy atom. The number of hydrogen-bond donors (Lipinski definition) is 0. The Morgan fingerprint density at radius 2 is 1.42 bits per heavy atom. The number of allylic oxidation sites excluding steroid dienone is 12. The maximum atomic E-state index is 5.48. The molecule has 3 aromatic rings. The Kier molecular flexibility index (Phi) is 11.1. The van der Waals surface area contributed by atoms with Gasteiger partial charge in [-0.15, -0.1) is 6.58 Å². The van der Waals surface area contributed by atoms with E-state index in [2.05, 4.69) is 142 Å². The van der Waals surface area contributed by atoms with Gasteiger partial charge in [-0.1, -0.05) is 153 Å². The maximum Gasteiger partial charge on any atom is 0.0708 e. The van der Waals surface area contributed by atoms with Crippen LogP contribution < -0.4 is 0 Å². The Hall–Kier alpha value is -4.75. The van der Waals surface area contributed by atoms with Crippen LogP contribution in [0.25, 0.3) is 22.3 Å². The van der Waals surface area contributed by atoms with E-state index < -0.39 is 0 Å². The predicted octanol–water partition coefficient (Wildman–Crippen LogP) is 13.3. The summed E-state index contributed by atoms with van der Waals surface area (Å²) in [5, 5.41) is 0. The van der Waals surface area contributed by atoms with E-state index in [0.717, 1.165) is 47.4 Å². The highest BCUT2D eigenvalue weighted by Crippen LogP contribution is 2.51. The van der Waals surface area contributed by atoms with Gasteiger partial charge in [-0.3, -0.25) is 4.99 Å². The Labute approximate surface area is 301 Å². The molecular formula is C49H53N. The van der Waals surface area contributed by atoms with Crippen LogP contribution in [0.2, 0.25) is 0 Å². The highest BCUT2D eigenvalue weighted by Gasteiger charge is 2.41. The van der Waals surface area contributed by atoms with Gasteiger partial charge in [-0.2, -0.15) is 0 Å². The summed E-state index contributed by atoms with van der Waals surface area (Å²) in [6, 6.07) is 26.4. The molecule has 0 aliphatic heterocycles. The first kappa shape index (κ1) is 35.1. The van der Waals surface area contributed by atoms with Gasteiger partial charge in [0.05, 0.1) is 5.71 Å². The molecule has 3 aliphatic rings. The normalized spacial score (nSPS) is 25.5. The van der Waals surface area contributed by atoms with Crippen molar-refractivity contribution in [2.75, 3.05) is 0 Å². The van der Waals surface area contributed by atoms with Crippen LogP contribution in [0.3, 0.4) is 0 Å². The van der Waals surface area contributed by atoms with Gasteiger partial charge in [0, 0.05) is 16.7 Å². The summed E-state index contributed by atoms with van der Waals surface area (Å²) in [4.78, 5) is 5.48. The zero-order valence-corrected chi connectivity index (χ0v) is 30.3. The second kappa shape index (κ2) is 15.9. The van der Waals surface area contributed by atoms with Crippen molar-refractivity contribution in [2.24, 2.45) is 34.1 Å². The molecule has 4 bridgehead atoms. The summed E-state index contributed by atoms with van der Waals surface area (Å²) < 4.78 is 0. The van der Waals surface area contributed by atoms with Gasteiger partial charge < -0.3 is 0 Å². The molecule has 5 atom stereocenters. The van der Waals surface area contributed by atoms with Gasteiger partial charge in [-0.25, -0.2) is 0 Å². The van der Waals surface area contributed by atoms with E-state index in [0.29, 0.717) is 23.7 Å². The van der Waals surface area contributed by atoms with Crippen molar-refractivity contribution in [1.29, 1.82) is 0 Å². The van der Waals surface area contributed by atoms with Crippen molar-refractivity contribution in [3.05, 3.63) is 181 Å². The van der Waals surface area contributed by atoms with E-state index in [9.17, 15) is 0 Å². The SMILES string of the molecule is C=C/C(=C\C=C/C)c1ccc(-c2ccc(C(/C=C(\C)c3ccc(C)cc3)=NC(=C)[C@@]34C=CC(C3)C3C=CC(CCC3)C(C=C)CC4)cc2)cc1. The highest BCUT2D eigenvalue weighted by molar-refractivity contribution is 6.12. The standard InChI is InChI=1S/C49H53N/c1-7-10-12-38(8-2)43-21-23-44(24-22-43)45-25-27-46(28-26-45)48(33-36(5)40-17-15-35(4)16-18-40)50-37(6)49-31-29-39(9-3)41-13-11-14-42(20-19-41)47(34-49)30-32-49/h7-10,12,15-28,30,32-33,39,41-42,47H,2-3,6,11,13-14,29,31,34H2,1,4-5H3/b10-7-,36-33+,38-12+,50-48?/t39?,41?,42?,47?,49-/m0/s1. The molecule has 0 N–H and O–H groups in total. The number of aryl methyl sites for hydroxylation is 1.